The van der Waals surface area contributed by atoms with E-state index in [-0.39, 0.29) is 6.04 Å². The van der Waals surface area contributed by atoms with E-state index in [9.17, 15) is 0 Å². The average Bonchev–Trinajstić information content (AvgIpc) is 1.89. The highest BCUT2D eigenvalue weighted by molar-refractivity contribution is 7.80. The van der Waals surface area contributed by atoms with Crippen LogP contribution in [0.4, 0.5) is 0 Å². The molecule has 0 heterocycles. The number of rotatable bonds is 5. The number of hydrogen-bond acceptors (Lipinski definition) is 4. The van der Waals surface area contributed by atoms with Crippen molar-refractivity contribution in [1.82, 2.24) is 0 Å². The van der Waals surface area contributed by atoms with Gasteiger partial charge in [0.15, 0.2) is 0 Å². The van der Waals surface area contributed by atoms with Crippen molar-refractivity contribution in [1.29, 1.82) is 0 Å². The fraction of sp³-hybridized carbons (Fsp3) is 1.00. The molecule has 0 amide bonds. The van der Waals surface area contributed by atoms with Gasteiger partial charge < -0.3 is 5.73 Å². The maximum absolute atomic E-state index is 5.43. The largest absolute Gasteiger partial charge is 0.325 e. The standard InChI is InChI=1S/C5H13NO2S/c1-2-7-8-3-5(6)4-9/h5,9H,2-4,6H2,1H3. The molecule has 3 nitrogen and oxygen atoms in total. The normalized spacial score (nSPS) is 13.7. The molecule has 9 heavy (non-hydrogen) atoms. The number of nitrogens with two attached hydrogens (primary N) is 1. The van der Waals surface area contributed by atoms with Crippen LogP contribution in [0, 0.1) is 0 Å². The minimum absolute atomic E-state index is 0.0279. The Hall–Kier alpha value is 0.230. The minimum atomic E-state index is -0.0279. The first-order valence-electron chi connectivity index (χ1n) is 2.92. The zero-order valence-corrected chi connectivity index (χ0v) is 6.43. The van der Waals surface area contributed by atoms with E-state index in [2.05, 4.69) is 22.4 Å². The quantitative estimate of drug-likeness (QED) is 0.255. The van der Waals surface area contributed by atoms with Crippen LogP contribution in [0.25, 0.3) is 0 Å². The second kappa shape index (κ2) is 6.35. The van der Waals surface area contributed by atoms with Crippen LogP contribution >= 0.6 is 12.6 Å². The molecule has 0 aromatic heterocycles. The van der Waals surface area contributed by atoms with Crippen LogP contribution < -0.4 is 5.73 Å². The lowest BCUT2D eigenvalue weighted by atomic mass is 10.4. The van der Waals surface area contributed by atoms with E-state index in [4.69, 9.17) is 5.73 Å². The maximum atomic E-state index is 5.43. The van der Waals surface area contributed by atoms with Gasteiger partial charge in [0.2, 0.25) is 0 Å². The van der Waals surface area contributed by atoms with Crippen molar-refractivity contribution < 1.29 is 9.78 Å². The molecule has 1 unspecified atom stereocenters. The van der Waals surface area contributed by atoms with Crippen LogP contribution in [0.3, 0.4) is 0 Å². The van der Waals surface area contributed by atoms with E-state index >= 15 is 0 Å². The van der Waals surface area contributed by atoms with E-state index in [0.29, 0.717) is 19.0 Å². The molecule has 0 bridgehead atoms. The van der Waals surface area contributed by atoms with Gasteiger partial charge in [-0.3, -0.25) is 0 Å². The lowest BCUT2D eigenvalue weighted by Crippen LogP contribution is -2.27. The predicted molar refractivity (Wildman–Crippen MR) is 39.4 cm³/mol. The average molecular weight is 151 g/mol. The molecule has 0 fully saturated rings. The Balaban J connectivity index is 2.88. The van der Waals surface area contributed by atoms with Crippen molar-refractivity contribution in [2.45, 2.75) is 13.0 Å². The highest BCUT2D eigenvalue weighted by atomic mass is 32.1. The van der Waals surface area contributed by atoms with Crippen LogP contribution in [0.2, 0.25) is 0 Å². The van der Waals surface area contributed by atoms with Crippen molar-refractivity contribution in [2.24, 2.45) is 5.73 Å². The van der Waals surface area contributed by atoms with E-state index in [1.807, 2.05) is 6.92 Å². The van der Waals surface area contributed by atoms with Gasteiger partial charge in [-0.2, -0.15) is 12.6 Å². The second-order valence-corrected chi connectivity index (χ2v) is 2.00. The van der Waals surface area contributed by atoms with Crippen molar-refractivity contribution in [3.05, 3.63) is 0 Å². The zero-order valence-electron chi connectivity index (χ0n) is 5.54. The third-order valence-corrected chi connectivity index (χ3v) is 1.19. The highest BCUT2D eigenvalue weighted by Crippen LogP contribution is 1.85. The van der Waals surface area contributed by atoms with E-state index in [1.54, 1.807) is 0 Å². The smallest absolute Gasteiger partial charge is 0.0981 e. The molecule has 0 radical (unpaired) electrons. The predicted octanol–water partition coefficient (Wildman–Crippen LogP) is 0.212. The Morgan fingerprint density at radius 1 is 1.56 bits per heavy atom. The molecule has 56 valence electrons. The first kappa shape index (κ1) is 9.23. The zero-order chi connectivity index (χ0) is 7.11. The van der Waals surface area contributed by atoms with Gasteiger partial charge in [-0.25, -0.2) is 9.78 Å². The van der Waals surface area contributed by atoms with Crippen LogP contribution in [0.15, 0.2) is 0 Å². The fourth-order valence-corrected chi connectivity index (χ4v) is 0.377. The van der Waals surface area contributed by atoms with Crippen molar-refractivity contribution >= 4 is 12.6 Å². The fourth-order valence-electron chi connectivity index (χ4n) is 0.272. The molecule has 0 saturated carbocycles. The van der Waals surface area contributed by atoms with Gasteiger partial charge in [-0.15, -0.1) is 0 Å². The van der Waals surface area contributed by atoms with Crippen LogP contribution in [0.5, 0.6) is 0 Å². The van der Waals surface area contributed by atoms with Crippen molar-refractivity contribution in [3.63, 3.8) is 0 Å². The number of hydrogen-bond donors (Lipinski definition) is 2. The molecule has 1 atom stereocenters. The van der Waals surface area contributed by atoms with E-state index < -0.39 is 0 Å². The van der Waals surface area contributed by atoms with Crippen LogP contribution in [-0.2, 0) is 9.78 Å². The molecule has 0 rings (SSSR count). The van der Waals surface area contributed by atoms with Gasteiger partial charge in [-0.1, -0.05) is 0 Å². The Labute approximate surface area is 60.9 Å². The van der Waals surface area contributed by atoms with Gasteiger partial charge in [0.25, 0.3) is 0 Å². The molecule has 0 aliphatic carbocycles. The van der Waals surface area contributed by atoms with Crippen molar-refractivity contribution in [3.8, 4) is 0 Å². The summed E-state index contributed by atoms with van der Waals surface area (Å²) in [4.78, 5) is 9.25. The SMILES string of the molecule is CCOOCC(N)CS. The first-order valence-corrected chi connectivity index (χ1v) is 3.55. The lowest BCUT2D eigenvalue weighted by Gasteiger charge is -2.06. The van der Waals surface area contributed by atoms with Gasteiger partial charge in [0.05, 0.1) is 13.2 Å². The topological polar surface area (TPSA) is 44.5 Å². The summed E-state index contributed by atoms with van der Waals surface area (Å²) in [5.74, 6) is 0.618. The summed E-state index contributed by atoms with van der Waals surface area (Å²) in [6, 6.07) is -0.0279. The molecule has 4 heteroatoms. The summed E-state index contributed by atoms with van der Waals surface area (Å²) in [7, 11) is 0. The summed E-state index contributed by atoms with van der Waals surface area (Å²) in [6.07, 6.45) is 0. The lowest BCUT2D eigenvalue weighted by molar-refractivity contribution is -0.292. The molecule has 0 aliphatic heterocycles. The summed E-state index contributed by atoms with van der Waals surface area (Å²) in [6.45, 7) is 2.82. The Morgan fingerprint density at radius 2 is 2.22 bits per heavy atom. The first-order chi connectivity index (χ1) is 4.31. The second-order valence-electron chi connectivity index (χ2n) is 1.63. The van der Waals surface area contributed by atoms with Crippen LogP contribution in [-0.4, -0.2) is 25.0 Å². The third-order valence-electron chi connectivity index (χ3n) is 0.718. The number of thiol groups is 1. The molecule has 0 aliphatic rings. The molecular weight excluding hydrogens is 138 g/mol. The molecule has 0 saturated heterocycles. The minimum Gasteiger partial charge on any atom is -0.325 e. The van der Waals surface area contributed by atoms with Crippen molar-refractivity contribution in [2.75, 3.05) is 19.0 Å². The van der Waals surface area contributed by atoms with E-state index in [0.717, 1.165) is 0 Å². The maximum Gasteiger partial charge on any atom is 0.0981 e. The highest BCUT2D eigenvalue weighted by Gasteiger charge is 1.97. The monoisotopic (exact) mass is 151 g/mol. The Morgan fingerprint density at radius 3 is 2.67 bits per heavy atom. The molecular formula is C5H13NO2S. The molecule has 2 N–H and O–H groups in total. The molecule has 0 aromatic carbocycles. The van der Waals surface area contributed by atoms with Gasteiger partial charge in [0, 0.05) is 11.8 Å². The Kier molecular flexibility index (Phi) is 6.51. The summed E-state index contributed by atoms with van der Waals surface area (Å²) < 4.78 is 0. The van der Waals surface area contributed by atoms with Gasteiger partial charge >= 0.3 is 0 Å². The van der Waals surface area contributed by atoms with Gasteiger partial charge in [-0.05, 0) is 6.92 Å². The van der Waals surface area contributed by atoms with Crippen LogP contribution in [0.1, 0.15) is 6.92 Å². The molecule has 0 spiro atoms. The molecule has 0 aromatic rings. The van der Waals surface area contributed by atoms with Gasteiger partial charge in [0.1, 0.15) is 0 Å². The summed E-state index contributed by atoms with van der Waals surface area (Å²) in [5, 5.41) is 0. The van der Waals surface area contributed by atoms with E-state index in [1.165, 1.54) is 0 Å². The third kappa shape index (κ3) is 6.11. The summed E-state index contributed by atoms with van der Waals surface area (Å²) in [5.41, 5.74) is 5.43. The summed E-state index contributed by atoms with van der Waals surface area (Å²) >= 11 is 3.96. The Bertz CT molecular complexity index is 62.9.